The van der Waals surface area contributed by atoms with Gasteiger partial charge in [-0.05, 0) is 67.4 Å². The van der Waals surface area contributed by atoms with Crippen LogP contribution in [0.2, 0.25) is 0 Å². The van der Waals surface area contributed by atoms with Gasteiger partial charge in [0.1, 0.15) is 11.5 Å². The van der Waals surface area contributed by atoms with Gasteiger partial charge in [0.05, 0.1) is 16.7 Å². The quantitative estimate of drug-likeness (QED) is 0.383. The van der Waals surface area contributed by atoms with Crippen LogP contribution in [0.1, 0.15) is 11.1 Å². The highest BCUT2D eigenvalue weighted by Gasteiger charge is 2.17. The summed E-state index contributed by atoms with van der Waals surface area (Å²) in [6.45, 7) is 4.20. The molecule has 0 bridgehead atoms. The maximum atomic E-state index is 13.4. The van der Waals surface area contributed by atoms with E-state index in [1.54, 1.807) is 12.1 Å². The molecule has 4 heteroatoms. The standard InChI is InChI=1S/C24H18FN3/c1-15-7-12-19(13-16(15)2)28-24-20-5-3-4-6-22(20)26-14-21(24)23(27-28)17-8-10-18(25)11-9-17/h3-14H,1-2H3. The molecule has 0 saturated heterocycles. The monoisotopic (exact) mass is 367 g/mol. The predicted molar refractivity (Wildman–Crippen MR) is 111 cm³/mol. The summed E-state index contributed by atoms with van der Waals surface area (Å²) in [6.07, 6.45) is 1.86. The minimum Gasteiger partial charge on any atom is -0.255 e. The van der Waals surface area contributed by atoms with Crippen LogP contribution < -0.4 is 0 Å². The molecule has 0 aliphatic heterocycles. The number of rotatable bonds is 2. The fourth-order valence-electron chi connectivity index (χ4n) is 3.60. The number of nitrogens with zero attached hydrogens (tertiary/aromatic N) is 3. The van der Waals surface area contributed by atoms with Crippen molar-refractivity contribution in [2.75, 3.05) is 0 Å². The van der Waals surface area contributed by atoms with Crippen LogP contribution in [0, 0.1) is 19.7 Å². The van der Waals surface area contributed by atoms with Crippen LogP contribution in [0.15, 0.2) is 72.9 Å². The van der Waals surface area contributed by atoms with E-state index < -0.39 is 0 Å². The second-order valence-corrected chi connectivity index (χ2v) is 7.07. The second kappa shape index (κ2) is 6.27. The van der Waals surface area contributed by atoms with Crippen molar-refractivity contribution in [1.29, 1.82) is 0 Å². The van der Waals surface area contributed by atoms with E-state index in [1.807, 2.05) is 29.1 Å². The largest absolute Gasteiger partial charge is 0.255 e. The Hall–Kier alpha value is -3.53. The molecule has 136 valence electrons. The Morgan fingerprint density at radius 1 is 0.821 bits per heavy atom. The molecule has 3 aromatic carbocycles. The summed E-state index contributed by atoms with van der Waals surface area (Å²) in [5.74, 6) is -0.259. The van der Waals surface area contributed by atoms with E-state index in [1.165, 1.54) is 23.3 Å². The van der Waals surface area contributed by atoms with Gasteiger partial charge in [0.15, 0.2) is 0 Å². The Bertz CT molecular complexity index is 1330. The van der Waals surface area contributed by atoms with E-state index in [9.17, 15) is 4.39 Å². The molecule has 0 spiro atoms. The SMILES string of the molecule is Cc1ccc(-n2nc(-c3ccc(F)cc3)c3cnc4ccccc4c32)cc1C. The molecule has 5 rings (SSSR count). The summed E-state index contributed by atoms with van der Waals surface area (Å²) in [6, 6.07) is 20.9. The lowest BCUT2D eigenvalue weighted by atomic mass is 10.1. The fourth-order valence-corrected chi connectivity index (χ4v) is 3.60. The van der Waals surface area contributed by atoms with E-state index >= 15 is 0 Å². The third kappa shape index (κ3) is 2.57. The van der Waals surface area contributed by atoms with Crippen molar-refractivity contribution in [3.63, 3.8) is 0 Å². The molecule has 5 aromatic rings. The van der Waals surface area contributed by atoms with Crippen LogP contribution in [-0.4, -0.2) is 14.8 Å². The lowest BCUT2D eigenvalue weighted by Gasteiger charge is -2.08. The maximum Gasteiger partial charge on any atom is 0.123 e. The first-order valence-corrected chi connectivity index (χ1v) is 9.22. The maximum absolute atomic E-state index is 13.4. The van der Waals surface area contributed by atoms with E-state index in [-0.39, 0.29) is 5.82 Å². The normalized spacial score (nSPS) is 11.4. The molecule has 0 amide bonds. The van der Waals surface area contributed by atoms with E-state index in [2.05, 4.69) is 43.1 Å². The zero-order valence-electron chi connectivity index (χ0n) is 15.6. The van der Waals surface area contributed by atoms with Crippen LogP contribution in [0.4, 0.5) is 4.39 Å². The van der Waals surface area contributed by atoms with Gasteiger partial charge in [-0.1, -0.05) is 24.3 Å². The first-order valence-electron chi connectivity index (χ1n) is 9.22. The molecule has 2 aromatic heterocycles. The van der Waals surface area contributed by atoms with Gasteiger partial charge in [-0.3, -0.25) is 4.98 Å². The zero-order valence-corrected chi connectivity index (χ0v) is 15.6. The number of hydrogen-bond donors (Lipinski definition) is 0. The molecule has 0 saturated carbocycles. The molecule has 2 heterocycles. The van der Waals surface area contributed by atoms with Gasteiger partial charge in [-0.15, -0.1) is 0 Å². The van der Waals surface area contributed by atoms with E-state index in [0.717, 1.165) is 38.8 Å². The van der Waals surface area contributed by atoms with Gasteiger partial charge >= 0.3 is 0 Å². The minimum absolute atomic E-state index is 0.259. The summed E-state index contributed by atoms with van der Waals surface area (Å²) in [4.78, 5) is 4.62. The Morgan fingerprint density at radius 2 is 1.61 bits per heavy atom. The van der Waals surface area contributed by atoms with Crippen LogP contribution >= 0.6 is 0 Å². The van der Waals surface area contributed by atoms with E-state index in [0.29, 0.717) is 0 Å². The number of halogens is 1. The molecule has 0 fully saturated rings. The second-order valence-electron chi connectivity index (χ2n) is 7.07. The van der Waals surface area contributed by atoms with Gasteiger partial charge in [0, 0.05) is 22.5 Å². The number of aromatic nitrogens is 3. The third-order valence-electron chi connectivity index (χ3n) is 5.27. The van der Waals surface area contributed by atoms with Crippen molar-refractivity contribution in [2.24, 2.45) is 0 Å². The zero-order chi connectivity index (χ0) is 19.3. The number of pyridine rings is 1. The highest BCUT2D eigenvalue weighted by Crippen LogP contribution is 2.34. The van der Waals surface area contributed by atoms with Crippen molar-refractivity contribution in [1.82, 2.24) is 14.8 Å². The number of fused-ring (bicyclic) bond motifs is 3. The first-order chi connectivity index (χ1) is 13.6. The molecule has 0 aliphatic rings. The first kappa shape index (κ1) is 16.6. The van der Waals surface area contributed by atoms with Gasteiger partial charge in [-0.2, -0.15) is 5.10 Å². The van der Waals surface area contributed by atoms with Crippen molar-refractivity contribution >= 4 is 21.8 Å². The molecular formula is C24H18FN3. The Labute approximate surface area is 162 Å². The molecular weight excluding hydrogens is 349 g/mol. The van der Waals surface area contributed by atoms with Crippen LogP contribution in [0.5, 0.6) is 0 Å². The van der Waals surface area contributed by atoms with Crippen LogP contribution in [-0.2, 0) is 0 Å². The number of benzene rings is 3. The minimum atomic E-state index is -0.259. The highest BCUT2D eigenvalue weighted by molar-refractivity contribution is 6.08. The lowest BCUT2D eigenvalue weighted by molar-refractivity contribution is 0.628. The third-order valence-corrected chi connectivity index (χ3v) is 5.27. The van der Waals surface area contributed by atoms with Crippen LogP contribution in [0.25, 0.3) is 38.8 Å². The number of aryl methyl sites for hydroxylation is 2. The summed E-state index contributed by atoms with van der Waals surface area (Å²) in [7, 11) is 0. The van der Waals surface area contributed by atoms with Gasteiger partial charge in [0.25, 0.3) is 0 Å². The topological polar surface area (TPSA) is 30.7 Å². The smallest absolute Gasteiger partial charge is 0.123 e. The average Bonchev–Trinajstić information content (AvgIpc) is 3.11. The predicted octanol–water partition coefficient (Wildman–Crippen LogP) is 6.00. The summed E-state index contributed by atoms with van der Waals surface area (Å²) in [5.41, 5.74) is 7.04. The summed E-state index contributed by atoms with van der Waals surface area (Å²) < 4.78 is 15.4. The lowest BCUT2D eigenvalue weighted by Crippen LogP contribution is -1.98. The Morgan fingerprint density at radius 3 is 2.39 bits per heavy atom. The Kier molecular flexibility index (Phi) is 3.72. The van der Waals surface area contributed by atoms with Crippen molar-refractivity contribution < 1.29 is 4.39 Å². The van der Waals surface area contributed by atoms with Gasteiger partial charge in [-0.25, -0.2) is 9.07 Å². The molecule has 0 atom stereocenters. The number of para-hydroxylation sites is 1. The van der Waals surface area contributed by atoms with Crippen molar-refractivity contribution in [3.8, 4) is 16.9 Å². The van der Waals surface area contributed by atoms with Crippen molar-refractivity contribution in [2.45, 2.75) is 13.8 Å². The molecule has 28 heavy (non-hydrogen) atoms. The van der Waals surface area contributed by atoms with Crippen LogP contribution in [0.3, 0.4) is 0 Å². The summed E-state index contributed by atoms with van der Waals surface area (Å²) in [5, 5.41) is 6.92. The van der Waals surface area contributed by atoms with Gasteiger partial charge < -0.3 is 0 Å². The Balaban J connectivity index is 1.89. The van der Waals surface area contributed by atoms with Crippen molar-refractivity contribution in [3.05, 3.63) is 89.9 Å². The highest BCUT2D eigenvalue weighted by atomic mass is 19.1. The summed E-state index contributed by atoms with van der Waals surface area (Å²) >= 11 is 0. The molecule has 0 N–H and O–H groups in total. The molecule has 3 nitrogen and oxygen atoms in total. The molecule has 0 unspecified atom stereocenters. The average molecular weight is 367 g/mol. The fraction of sp³-hybridized carbons (Fsp3) is 0.0833. The number of hydrogen-bond acceptors (Lipinski definition) is 2. The molecule has 0 aliphatic carbocycles. The van der Waals surface area contributed by atoms with E-state index in [4.69, 9.17) is 5.10 Å². The van der Waals surface area contributed by atoms with Gasteiger partial charge in [0.2, 0.25) is 0 Å². The molecule has 0 radical (unpaired) electrons.